The minimum absolute atomic E-state index is 0.00783. The van der Waals surface area contributed by atoms with Gasteiger partial charge in [-0.1, -0.05) is 78.9 Å². The zero-order chi connectivity index (χ0) is 36.3. The molecule has 52 heavy (non-hydrogen) atoms. The molecule has 274 valence electrons. The highest BCUT2D eigenvalue weighted by atomic mass is 16.7. The molecule has 2 heterocycles. The first-order valence-corrected chi connectivity index (χ1v) is 18.2. The molecule has 0 radical (unpaired) electrons. The number of carbonyl (C=O) groups is 2. The highest BCUT2D eigenvalue weighted by molar-refractivity contribution is 5.94. The second kappa shape index (κ2) is 18.3. The van der Waals surface area contributed by atoms with Crippen molar-refractivity contribution in [3.05, 3.63) is 119 Å². The molecule has 2 aliphatic rings. The number of nitrogens with one attached hydrogen (secondary N) is 2. The van der Waals surface area contributed by atoms with Gasteiger partial charge in [-0.2, -0.15) is 0 Å². The van der Waals surface area contributed by atoms with Crippen LogP contribution in [0.25, 0.3) is 11.1 Å². The number of hydrogen-bond acceptors (Lipinski definition) is 8. The summed E-state index contributed by atoms with van der Waals surface area (Å²) in [5.74, 6) is -0.272. The Morgan fingerprint density at radius 1 is 0.885 bits per heavy atom. The summed E-state index contributed by atoms with van der Waals surface area (Å²) in [7, 11) is 1.76. The number of amides is 2. The number of ether oxygens (including phenoxy) is 3. The Morgan fingerprint density at radius 3 is 2.42 bits per heavy atom. The number of nitrogens with two attached hydrogens (primary N) is 1. The van der Waals surface area contributed by atoms with E-state index < -0.39 is 6.29 Å². The van der Waals surface area contributed by atoms with Crippen molar-refractivity contribution in [2.45, 2.75) is 76.2 Å². The van der Waals surface area contributed by atoms with Gasteiger partial charge in [-0.15, -0.1) is 0 Å². The maximum absolute atomic E-state index is 12.6. The van der Waals surface area contributed by atoms with Crippen molar-refractivity contribution >= 4 is 23.2 Å². The summed E-state index contributed by atoms with van der Waals surface area (Å²) >= 11 is 0. The number of aliphatic hydroxyl groups excluding tert-OH is 1. The van der Waals surface area contributed by atoms with Crippen molar-refractivity contribution in [3.63, 3.8) is 0 Å². The largest absolute Gasteiger partial charge is 0.397 e. The molecular weight excluding hydrogens is 656 g/mol. The molecule has 0 spiro atoms. The van der Waals surface area contributed by atoms with E-state index in [0.29, 0.717) is 30.4 Å². The number of benzene rings is 4. The molecule has 0 bridgehead atoms. The van der Waals surface area contributed by atoms with Gasteiger partial charge in [-0.3, -0.25) is 14.5 Å². The average Bonchev–Trinajstić information content (AvgIpc) is 3.61. The lowest BCUT2D eigenvalue weighted by Crippen LogP contribution is -2.42. The summed E-state index contributed by atoms with van der Waals surface area (Å²) in [6.07, 6.45) is 3.28. The Labute approximate surface area is 306 Å². The predicted octanol–water partition coefficient (Wildman–Crippen LogP) is 6.51. The molecule has 4 atom stereocenters. The van der Waals surface area contributed by atoms with E-state index in [9.17, 15) is 14.7 Å². The second-order valence-corrected chi connectivity index (χ2v) is 13.7. The third-order valence-corrected chi connectivity index (χ3v) is 9.89. The quantitative estimate of drug-likeness (QED) is 0.103. The van der Waals surface area contributed by atoms with Gasteiger partial charge in [0.25, 0.3) is 0 Å². The van der Waals surface area contributed by atoms with Crippen LogP contribution >= 0.6 is 0 Å². The fourth-order valence-electron chi connectivity index (χ4n) is 7.03. The summed E-state index contributed by atoms with van der Waals surface area (Å²) < 4.78 is 18.7. The summed E-state index contributed by atoms with van der Waals surface area (Å²) in [5.41, 5.74) is 12.9. The molecule has 6 rings (SSSR count). The van der Waals surface area contributed by atoms with E-state index in [1.165, 1.54) is 0 Å². The number of hydrogen-bond donors (Lipinski definition) is 4. The van der Waals surface area contributed by atoms with Crippen LogP contribution in [0.1, 0.15) is 73.2 Å². The number of methoxy groups -OCH3 is 1. The van der Waals surface area contributed by atoms with E-state index >= 15 is 0 Å². The SMILES string of the molecule is COCC1CCCN1CC1CC(c2ccc(CO)cc2)OC(c2ccc(-c3cccc(CNC(=O)CCCC(=O)Nc4ccccc4N)c3)cc2)O1. The Balaban J connectivity index is 1.05. The number of likely N-dealkylation sites (tertiary alicyclic amines) is 1. The van der Waals surface area contributed by atoms with Crippen LogP contribution in [0.3, 0.4) is 0 Å². The van der Waals surface area contributed by atoms with E-state index in [-0.39, 0.29) is 43.5 Å². The van der Waals surface area contributed by atoms with Crippen LogP contribution < -0.4 is 16.4 Å². The maximum atomic E-state index is 12.6. The number of para-hydroxylation sites is 2. The molecule has 2 saturated heterocycles. The van der Waals surface area contributed by atoms with Gasteiger partial charge in [0.15, 0.2) is 6.29 Å². The topological polar surface area (TPSA) is 135 Å². The predicted molar refractivity (Wildman–Crippen MR) is 202 cm³/mol. The molecular formula is C42H50N4O6. The smallest absolute Gasteiger partial charge is 0.224 e. The van der Waals surface area contributed by atoms with Crippen molar-refractivity contribution in [1.29, 1.82) is 0 Å². The Bertz CT molecular complexity index is 1770. The molecule has 10 heteroatoms. The zero-order valence-electron chi connectivity index (χ0n) is 29.8. The molecule has 2 amide bonds. The zero-order valence-corrected chi connectivity index (χ0v) is 29.8. The minimum Gasteiger partial charge on any atom is -0.397 e. The van der Waals surface area contributed by atoms with Gasteiger partial charge in [0.1, 0.15) is 0 Å². The minimum atomic E-state index is -0.525. The number of anilines is 2. The van der Waals surface area contributed by atoms with E-state index in [4.69, 9.17) is 19.9 Å². The van der Waals surface area contributed by atoms with Gasteiger partial charge in [0.05, 0.1) is 36.8 Å². The molecule has 5 N–H and O–H groups in total. The lowest BCUT2D eigenvalue weighted by molar-refractivity contribution is -0.253. The number of carbonyl (C=O) groups excluding carboxylic acids is 2. The third kappa shape index (κ3) is 10.1. The van der Waals surface area contributed by atoms with Crippen molar-refractivity contribution < 1.29 is 28.9 Å². The Morgan fingerprint density at radius 2 is 1.65 bits per heavy atom. The van der Waals surface area contributed by atoms with Gasteiger partial charge in [-0.25, -0.2) is 0 Å². The van der Waals surface area contributed by atoms with E-state index in [1.807, 2.05) is 48.5 Å². The number of nitrogen functional groups attached to an aromatic ring is 1. The first-order chi connectivity index (χ1) is 25.4. The van der Waals surface area contributed by atoms with Crippen LogP contribution in [-0.4, -0.2) is 60.8 Å². The van der Waals surface area contributed by atoms with Gasteiger partial charge >= 0.3 is 0 Å². The average molecular weight is 707 g/mol. The molecule has 0 aromatic heterocycles. The molecule has 4 aromatic carbocycles. The summed E-state index contributed by atoms with van der Waals surface area (Å²) in [6.45, 7) is 2.98. The van der Waals surface area contributed by atoms with Gasteiger partial charge in [-0.05, 0) is 71.8 Å². The Hall–Kier alpha value is -4.58. The van der Waals surface area contributed by atoms with Crippen molar-refractivity contribution in [2.24, 2.45) is 0 Å². The molecule has 0 saturated carbocycles. The summed E-state index contributed by atoms with van der Waals surface area (Å²) in [5, 5.41) is 15.3. The third-order valence-electron chi connectivity index (χ3n) is 9.89. The van der Waals surface area contributed by atoms with E-state index in [0.717, 1.165) is 72.3 Å². The highest BCUT2D eigenvalue weighted by Crippen LogP contribution is 2.39. The van der Waals surface area contributed by atoms with E-state index in [2.05, 4.69) is 51.9 Å². The monoisotopic (exact) mass is 706 g/mol. The fraction of sp³-hybridized carbons (Fsp3) is 0.381. The van der Waals surface area contributed by atoms with Crippen LogP contribution in [0.5, 0.6) is 0 Å². The van der Waals surface area contributed by atoms with Crippen LogP contribution in [-0.2, 0) is 37.0 Å². The number of aliphatic hydroxyl groups is 1. The first-order valence-electron chi connectivity index (χ1n) is 18.2. The normalized spacial score (nSPS) is 20.4. The second-order valence-electron chi connectivity index (χ2n) is 13.7. The van der Waals surface area contributed by atoms with Crippen molar-refractivity contribution in [1.82, 2.24) is 10.2 Å². The number of rotatable bonds is 15. The maximum Gasteiger partial charge on any atom is 0.224 e. The van der Waals surface area contributed by atoms with Crippen molar-refractivity contribution in [2.75, 3.05) is 37.9 Å². The fourth-order valence-corrected chi connectivity index (χ4v) is 7.03. The first kappa shape index (κ1) is 37.2. The molecule has 0 aliphatic carbocycles. The lowest BCUT2D eigenvalue weighted by atomic mass is 9.98. The molecule has 4 unspecified atom stereocenters. The van der Waals surface area contributed by atoms with Crippen molar-refractivity contribution in [3.8, 4) is 11.1 Å². The molecule has 4 aromatic rings. The van der Waals surface area contributed by atoms with Gasteiger partial charge in [0.2, 0.25) is 11.8 Å². The summed E-state index contributed by atoms with van der Waals surface area (Å²) in [4.78, 5) is 27.3. The highest BCUT2D eigenvalue weighted by Gasteiger charge is 2.35. The van der Waals surface area contributed by atoms with Crippen LogP contribution in [0.2, 0.25) is 0 Å². The Kier molecular flexibility index (Phi) is 13.1. The van der Waals surface area contributed by atoms with Crippen LogP contribution in [0.15, 0.2) is 97.1 Å². The molecule has 2 fully saturated rings. The van der Waals surface area contributed by atoms with Crippen LogP contribution in [0.4, 0.5) is 11.4 Å². The molecule has 2 aliphatic heterocycles. The lowest BCUT2D eigenvalue weighted by Gasteiger charge is -2.38. The summed E-state index contributed by atoms with van der Waals surface area (Å²) in [6, 6.07) is 31.9. The van der Waals surface area contributed by atoms with Gasteiger partial charge in [0, 0.05) is 51.1 Å². The standard InChI is InChI=1S/C42H50N4O6/c1-50-28-35-9-6-22-46(35)26-36-24-39(32-16-14-29(27-47)15-17-32)52-42(51-36)33-20-18-31(19-21-33)34-8-4-7-30(23-34)25-44-40(48)12-5-13-41(49)45-38-11-3-2-10-37(38)43/h2-4,7-8,10-11,14-21,23,35-36,39,42,47H,5-6,9,12-13,22,24-28,43H2,1H3,(H,44,48)(H,45,49). The van der Waals surface area contributed by atoms with Crippen LogP contribution in [0, 0.1) is 0 Å². The molecule has 10 nitrogen and oxygen atoms in total. The number of nitrogens with zero attached hydrogens (tertiary/aromatic N) is 1. The van der Waals surface area contributed by atoms with Gasteiger partial charge < -0.3 is 35.7 Å². The van der Waals surface area contributed by atoms with E-state index in [1.54, 1.807) is 19.2 Å².